The molecule has 3 aromatic rings. The van der Waals surface area contributed by atoms with Crippen molar-refractivity contribution in [2.24, 2.45) is 5.41 Å². The molecule has 0 spiro atoms. The first-order chi connectivity index (χ1) is 16.4. The highest BCUT2D eigenvalue weighted by molar-refractivity contribution is 5.61. The van der Waals surface area contributed by atoms with E-state index in [1.54, 1.807) is 12.1 Å². The van der Waals surface area contributed by atoms with Crippen molar-refractivity contribution in [1.82, 2.24) is 4.90 Å². The highest BCUT2D eigenvalue weighted by Crippen LogP contribution is 2.64. The summed E-state index contributed by atoms with van der Waals surface area (Å²) in [5.74, 6) is -0.607. The molecule has 1 fully saturated rings. The second-order valence-electron chi connectivity index (χ2n) is 9.02. The predicted octanol–water partition coefficient (Wildman–Crippen LogP) is 6.11. The summed E-state index contributed by atoms with van der Waals surface area (Å²) in [6.45, 7) is 4.06. The van der Waals surface area contributed by atoms with Gasteiger partial charge in [0.1, 0.15) is 0 Å². The van der Waals surface area contributed by atoms with Crippen molar-refractivity contribution >= 4 is 11.8 Å². The Morgan fingerprint density at radius 2 is 1.74 bits per heavy atom. The molecule has 2 aliphatic rings. The Bertz CT molecular complexity index is 1410. The van der Waals surface area contributed by atoms with Crippen LogP contribution in [0, 0.1) is 52.0 Å². The summed E-state index contributed by atoms with van der Waals surface area (Å²) in [6, 6.07) is 24.3. The zero-order chi connectivity index (χ0) is 24.0. The van der Waals surface area contributed by atoms with Crippen molar-refractivity contribution in [3.05, 3.63) is 116 Å². The molecule has 2 heterocycles. The molecule has 0 bridgehead atoms. The smallest absolute Gasteiger partial charge is 0.269 e. The second kappa shape index (κ2) is 7.86. The fraction of sp³-hybridized carbons (Fsp3) is 0.214. The second-order valence-corrected chi connectivity index (χ2v) is 9.02. The highest BCUT2D eigenvalue weighted by Gasteiger charge is 2.62. The van der Waals surface area contributed by atoms with Crippen LogP contribution in [0.5, 0.6) is 0 Å². The molecule has 0 N–H and O–H groups in total. The molecule has 6 nitrogen and oxygen atoms in total. The van der Waals surface area contributed by atoms with E-state index in [0.29, 0.717) is 5.56 Å². The molecule has 6 heteroatoms. The Morgan fingerprint density at radius 3 is 2.44 bits per heavy atom. The molecule has 3 atom stereocenters. The van der Waals surface area contributed by atoms with Gasteiger partial charge in [-0.2, -0.15) is 10.5 Å². The van der Waals surface area contributed by atoms with Gasteiger partial charge in [0.05, 0.1) is 29.1 Å². The Labute approximate surface area is 198 Å². The summed E-state index contributed by atoms with van der Waals surface area (Å²) >= 11 is 0. The molecule has 0 unspecified atom stereocenters. The average Bonchev–Trinajstić information content (AvgIpc) is 3.15. The molecule has 2 aliphatic heterocycles. The van der Waals surface area contributed by atoms with Gasteiger partial charge in [0.2, 0.25) is 0 Å². The van der Waals surface area contributed by atoms with Gasteiger partial charge in [0.25, 0.3) is 5.69 Å². The summed E-state index contributed by atoms with van der Waals surface area (Å²) in [7, 11) is 0. The topological polar surface area (TPSA) is 94.0 Å². The third-order valence-corrected chi connectivity index (χ3v) is 7.13. The van der Waals surface area contributed by atoms with E-state index >= 15 is 0 Å². The number of non-ortho nitro benzene ring substituents is 1. The van der Waals surface area contributed by atoms with Gasteiger partial charge in [-0.3, -0.25) is 10.1 Å². The quantitative estimate of drug-likeness (QED) is 0.357. The number of nitro benzene ring substituents is 1. The highest BCUT2D eigenvalue weighted by atomic mass is 16.6. The first-order valence-electron chi connectivity index (χ1n) is 11.1. The number of hydrogen-bond acceptors (Lipinski definition) is 5. The number of nitrogens with zero attached hydrogens (tertiary/aromatic N) is 4. The predicted molar refractivity (Wildman–Crippen MR) is 128 cm³/mol. The Balaban J connectivity index is 1.83. The lowest BCUT2D eigenvalue weighted by Crippen LogP contribution is -2.31. The van der Waals surface area contributed by atoms with Crippen molar-refractivity contribution in [2.45, 2.75) is 31.8 Å². The van der Waals surface area contributed by atoms with E-state index in [2.05, 4.69) is 29.2 Å². The maximum atomic E-state index is 11.6. The normalized spacial score (nSPS) is 21.8. The monoisotopic (exact) mass is 446 g/mol. The van der Waals surface area contributed by atoms with Gasteiger partial charge in [-0.25, -0.2) is 0 Å². The van der Waals surface area contributed by atoms with Crippen LogP contribution >= 0.6 is 0 Å². The molecule has 0 aliphatic carbocycles. The van der Waals surface area contributed by atoms with Gasteiger partial charge < -0.3 is 4.90 Å². The molecule has 0 aromatic heterocycles. The number of nitro groups is 1. The van der Waals surface area contributed by atoms with Gasteiger partial charge in [0.15, 0.2) is 5.41 Å². The molecule has 166 valence electrons. The number of rotatable bonds is 3. The SMILES string of the molecule is Cc1ccc([C@@H]2[C@@H](c3cccc([N+](=O)[O-])c3)C(C#N)(C#N)[C@@H]3c4ccccc4C=CN23)c(C)c1. The molecule has 1 saturated heterocycles. The Kier molecular flexibility index (Phi) is 4.96. The standard InChI is InChI=1S/C28H22N4O2/c1-18-10-11-23(19(2)14-18)26-25(21-7-5-8-22(15-21)32(33)34)28(16-29,17-30)27-24-9-4-3-6-20(24)12-13-31(26)27/h3-15,25-27H,1-2H3/t25-,26-,27+/m1/s1. The third-order valence-electron chi connectivity index (χ3n) is 7.13. The Morgan fingerprint density at radius 1 is 0.971 bits per heavy atom. The van der Waals surface area contributed by atoms with E-state index in [-0.39, 0.29) is 11.7 Å². The number of benzene rings is 3. The van der Waals surface area contributed by atoms with Gasteiger partial charge in [-0.05, 0) is 47.7 Å². The maximum Gasteiger partial charge on any atom is 0.269 e. The van der Waals surface area contributed by atoms with Crippen molar-refractivity contribution < 1.29 is 4.92 Å². The van der Waals surface area contributed by atoms with Gasteiger partial charge >= 0.3 is 0 Å². The fourth-order valence-corrected chi connectivity index (χ4v) is 5.71. The summed E-state index contributed by atoms with van der Waals surface area (Å²) in [5, 5.41) is 32.8. The van der Waals surface area contributed by atoms with Crippen LogP contribution < -0.4 is 0 Å². The fourth-order valence-electron chi connectivity index (χ4n) is 5.71. The zero-order valence-corrected chi connectivity index (χ0v) is 18.8. The third kappa shape index (κ3) is 3.00. The van der Waals surface area contributed by atoms with Crippen LogP contribution in [0.25, 0.3) is 6.08 Å². The van der Waals surface area contributed by atoms with E-state index in [1.165, 1.54) is 12.1 Å². The lowest BCUT2D eigenvalue weighted by Gasteiger charge is -2.35. The molecular weight excluding hydrogens is 424 g/mol. The lowest BCUT2D eigenvalue weighted by molar-refractivity contribution is -0.384. The van der Waals surface area contributed by atoms with Crippen LogP contribution in [0.1, 0.15) is 51.4 Å². The largest absolute Gasteiger partial charge is 0.360 e. The van der Waals surface area contributed by atoms with Crippen molar-refractivity contribution in [1.29, 1.82) is 10.5 Å². The average molecular weight is 447 g/mol. The van der Waals surface area contributed by atoms with E-state index in [0.717, 1.165) is 27.8 Å². The van der Waals surface area contributed by atoms with Crippen LogP contribution in [0.4, 0.5) is 5.69 Å². The van der Waals surface area contributed by atoms with E-state index in [9.17, 15) is 20.6 Å². The minimum atomic E-state index is -1.46. The summed E-state index contributed by atoms with van der Waals surface area (Å²) in [6.07, 6.45) is 3.98. The first-order valence-corrected chi connectivity index (χ1v) is 11.1. The van der Waals surface area contributed by atoms with Crippen LogP contribution in [-0.4, -0.2) is 9.82 Å². The molecular formula is C28H22N4O2. The number of hydrogen-bond donors (Lipinski definition) is 0. The van der Waals surface area contributed by atoms with Crippen molar-refractivity contribution in [3.8, 4) is 12.1 Å². The lowest BCUT2D eigenvalue weighted by atomic mass is 9.67. The van der Waals surface area contributed by atoms with Crippen LogP contribution in [0.15, 0.2) is 72.9 Å². The summed E-state index contributed by atoms with van der Waals surface area (Å²) in [4.78, 5) is 13.3. The van der Waals surface area contributed by atoms with Crippen LogP contribution in [0.2, 0.25) is 0 Å². The van der Waals surface area contributed by atoms with Gasteiger partial charge in [-0.1, -0.05) is 60.2 Å². The molecule has 0 radical (unpaired) electrons. The summed E-state index contributed by atoms with van der Waals surface area (Å²) in [5.41, 5.74) is 4.16. The first kappa shape index (κ1) is 21.4. The molecule has 34 heavy (non-hydrogen) atoms. The van der Waals surface area contributed by atoms with Crippen LogP contribution in [0.3, 0.4) is 0 Å². The van der Waals surface area contributed by atoms with E-state index in [1.807, 2.05) is 56.5 Å². The Hall–Kier alpha value is -4.42. The number of nitriles is 2. The molecule has 5 rings (SSSR count). The van der Waals surface area contributed by atoms with Gasteiger partial charge in [-0.15, -0.1) is 0 Å². The van der Waals surface area contributed by atoms with E-state index in [4.69, 9.17) is 0 Å². The zero-order valence-electron chi connectivity index (χ0n) is 18.8. The number of fused-ring (bicyclic) bond motifs is 3. The maximum absolute atomic E-state index is 11.6. The minimum absolute atomic E-state index is 0.0533. The van der Waals surface area contributed by atoms with Crippen LogP contribution in [-0.2, 0) is 0 Å². The molecule has 0 saturated carbocycles. The number of aryl methyl sites for hydroxylation is 2. The van der Waals surface area contributed by atoms with Gasteiger partial charge in [0, 0.05) is 24.3 Å². The van der Waals surface area contributed by atoms with Crippen molar-refractivity contribution in [3.63, 3.8) is 0 Å². The van der Waals surface area contributed by atoms with E-state index < -0.39 is 22.3 Å². The van der Waals surface area contributed by atoms with Crippen molar-refractivity contribution in [2.75, 3.05) is 0 Å². The molecule has 3 aromatic carbocycles. The minimum Gasteiger partial charge on any atom is -0.360 e. The molecule has 0 amide bonds. The summed E-state index contributed by atoms with van der Waals surface area (Å²) < 4.78 is 0.